The average molecular weight is 342 g/mol. The molecule has 0 heterocycles. The Kier molecular flexibility index (Phi) is 7.14. The summed E-state index contributed by atoms with van der Waals surface area (Å²) in [5.41, 5.74) is 2.08. The third-order valence-corrected chi connectivity index (χ3v) is 3.94. The largest absolute Gasteiger partial charge is 0.354 e. The molecule has 0 radical (unpaired) electrons. The van der Waals surface area contributed by atoms with E-state index in [0.717, 1.165) is 17.5 Å². The molecule has 0 aliphatic rings. The normalized spacial score (nSPS) is 10.3. The molecule has 0 saturated heterocycles. The minimum absolute atomic E-state index is 0.0331. The van der Waals surface area contributed by atoms with Gasteiger partial charge < -0.3 is 10.2 Å². The lowest BCUT2D eigenvalue weighted by molar-refractivity contribution is -0.134. The second-order valence-corrected chi connectivity index (χ2v) is 5.90. The monoisotopic (exact) mass is 342 g/mol. The summed E-state index contributed by atoms with van der Waals surface area (Å²) >= 11 is 0. The first-order chi connectivity index (χ1) is 12.0. The highest BCUT2D eigenvalue weighted by Crippen LogP contribution is 2.05. The number of carbonyl (C=O) groups is 2. The fraction of sp³-hybridized carbons (Fsp3) is 0.300. The fourth-order valence-corrected chi connectivity index (χ4v) is 2.48. The molecule has 5 heteroatoms. The van der Waals surface area contributed by atoms with Crippen LogP contribution in [0, 0.1) is 5.82 Å². The Labute approximate surface area is 147 Å². The van der Waals surface area contributed by atoms with E-state index in [9.17, 15) is 14.0 Å². The summed E-state index contributed by atoms with van der Waals surface area (Å²) < 4.78 is 12.9. The van der Waals surface area contributed by atoms with Gasteiger partial charge in [-0.1, -0.05) is 42.5 Å². The van der Waals surface area contributed by atoms with E-state index in [1.54, 1.807) is 12.1 Å². The highest BCUT2D eigenvalue weighted by molar-refractivity contribution is 5.83. The Morgan fingerprint density at radius 2 is 1.60 bits per heavy atom. The van der Waals surface area contributed by atoms with Crippen LogP contribution >= 0.6 is 0 Å². The molecule has 132 valence electrons. The van der Waals surface area contributed by atoms with Crippen LogP contribution in [-0.2, 0) is 22.4 Å². The Morgan fingerprint density at radius 3 is 2.24 bits per heavy atom. The average Bonchev–Trinajstić information content (AvgIpc) is 2.60. The van der Waals surface area contributed by atoms with Gasteiger partial charge in [-0.05, 0) is 36.1 Å². The molecule has 0 bridgehead atoms. The maximum absolute atomic E-state index is 12.9. The maximum atomic E-state index is 12.9. The molecule has 0 aromatic heterocycles. The van der Waals surface area contributed by atoms with Crippen LogP contribution in [-0.4, -0.2) is 36.3 Å². The first kappa shape index (κ1) is 18.6. The minimum atomic E-state index is -0.287. The van der Waals surface area contributed by atoms with Crippen molar-refractivity contribution in [3.63, 3.8) is 0 Å². The Balaban J connectivity index is 1.76. The van der Waals surface area contributed by atoms with Gasteiger partial charge in [-0.25, -0.2) is 4.39 Å². The predicted octanol–water partition coefficient (Wildman–Crippen LogP) is 2.58. The highest BCUT2D eigenvalue weighted by Gasteiger charge is 2.13. The second-order valence-electron chi connectivity index (χ2n) is 5.90. The van der Waals surface area contributed by atoms with Crippen molar-refractivity contribution in [3.05, 3.63) is 71.5 Å². The SMILES string of the molecule is CC(=O)N(CCc1ccc(F)cc1)CC(=O)NCCc1ccccc1. The van der Waals surface area contributed by atoms with E-state index in [1.807, 2.05) is 30.3 Å². The summed E-state index contributed by atoms with van der Waals surface area (Å²) in [6, 6.07) is 16.1. The molecule has 0 saturated carbocycles. The van der Waals surface area contributed by atoms with Gasteiger partial charge in [0.15, 0.2) is 0 Å². The summed E-state index contributed by atoms with van der Waals surface area (Å²) in [6.45, 7) is 2.44. The zero-order valence-electron chi connectivity index (χ0n) is 14.4. The van der Waals surface area contributed by atoms with Gasteiger partial charge in [0.25, 0.3) is 0 Å². The van der Waals surface area contributed by atoms with Gasteiger partial charge in [0, 0.05) is 20.0 Å². The Bertz CT molecular complexity index is 687. The molecule has 0 aliphatic heterocycles. The third-order valence-electron chi connectivity index (χ3n) is 3.94. The molecular weight excluding hydrogens is 319 g/mol. The summed E-state index contributed by atoms with van der Waals surface area (Å²) in [5.74, 6) is -0.615. The van der Waals surface area contributed by atoms with Gasteiger partial charge in [-0.3, -0.25) is 9.59 Å². The minimum Gasteiger partial charge on any atom is -0.354 e. The molecule has 0 unspecified atom stereocenters. The van der Waals surface area contributed by atoms with Crippen LogP contribution in [0.5, 0.6) is 0 Å². The molecule has 0 spiro atoms. The van der Waals surface area contributed by atoms with Crippen molar-refractivity contribution in [2.45, 2.75) is 19.8 Å². The lowest BCUT2D eigenvalue weighted by atomic mass is 10.1. The molecule has 2 amide bonds. The molecule has 0 fully saturated rings. The van der Waals surface area contributed by atoms with Crippen LogP contribution in [0.25, 0.3) is 0 Å². The number of halogens is 1. The van der Waals surface area contributed by atoms with Gasteiger partial charge >= 0.3 is 0 Å². The molecule has 2 aromatic rings. The zero-order valence-corrected chi connectivity index (χ0v) is 14.4. The number of hydrogen-bond donors (Lipinski definition) is 1. The molecule has 25 heavy (non-hydrogen) atoms. The molecule has 0 atom stereocenters. The fourth-order valence-electron chi connectivity index (χ4n) is 2.48. The van der Waals surface area contributed by atoms with E-state index in [0.29, 0.717) is 19.5 Å². The number of benzene rings is 2. The van der Waals surface area contributed by atoms with E-state index in [-0.39, 0.29) is 24.2 Å². The first-order valence-corrected chi connectivity index (χ1v) is 8.35. The molecule has 0 aliphatic carbocycles. The lowest BCUT2D eigenvalue weighted by Gasteiger charge is -2.20. The number of nitrogens with zero attached hydrogens (tertiary/aromatic N) is 1. The smallest absolute Gasteiger partial charge is 0.239 e. The third kappa shape index (κ3) is 6.75. The van der Waals surface area contributed by atoms with Crippen LogP contribution in [0.15, 0.2) is 54.6 Å². The van der Waals surface area contributed by atoms with E-state index < -0.39 is 0 Å². The van der Waals surface area contributed by atoms with Gasteiger partial charge in [-0.15, -0.1) is 0 Å². The van der Waals surface area contributed by atoms with Crippen molar-refractivity contribution in [3.8, 4) is 0 Å². The van der Waals surface area contributed by atoms with Crippen LogP contribution in [0.2, 0.25) is 0 Å². The zero-order chi connectivity index (χ0) is 18.1. The quantitative estimate of drug-likeness (QED) is 0.802. The lowest BCUT2D eigenvalue weighted by Crippen LogP contribution is -2.41. The van der Waals surface area contributed by atoms with E-state index in [4.69, 9.17) is 0 Å². The molecule has 1 N–H and O–H groups in total. The van der Waals surface area contributed by atoms with Crippen molar-refractivity contribution in [2.75, 3.05) is 19.6 Å². The van der Waals surface area contributed by atoms with Crippen molar-refractivity contribution in [1.82, 2.24) is 10.2 Å². The van der Waals surface area contributed by atoms with Gasteiger partial charge in [0.05, 0.1) is 6.54 Å². The first-order valence-electron chi connectivity index (χ1n) is 8.35. The topological polar surface area (TPSA) is 49.4 Å². The summed E-state index contributed by atoms with van der Waals surface area (Å²) in [6.07, 6.45) is 1.33. The Morgan fingerprint density at radius 1 is 0.960 bits per heavy atom. The van der Waals surface area contributed by atoms with Crippen LogP contribution < -0.4 is 5.32 Å². The number of hydrogen-bond acceptors (Lipinski definition) is 2. The standard InChI is InChI=1S/C20H23FN2O2/c1-16(24)23(14-12-18-7-9-19(21)10-8-18)15-20(25)22-13-11-17-5-3-2-4-6-17/h2-10H,11-15H2,1H3,(H,22,25). The van der Waals surface area contributed by atoms with Gasteiger partial charge in [0.2, 0.25) is 11.8 Å². The molecule has 4 nitrogen and oxygen atoms in total. The van der Waals surface area contributed by atoms with Crippen LogP contribution in [0.3, 0.4) is 0 Å². The maximum Gasteiger partial charge on any atom is 0.239 e. The second kappa shape index (κ2) is 9.57. The van der Waals surface area contributed by atoms with Crippen LogP contribution in [0.4, 0.5) is 4.39 Å². The number of amides is 2. The molecular formula is C20H23FN2O2. The summed E-state index contributed by atoms with van der Waals surface area (Å²) in [5, 5.41) is 2.84. The predicted molar refractivity (Wildman–Crippen MR) is 95.5 cm³/mol. The van der Waals surface area contributed by atoms with Crippen molar-refractivity contribution in [2.24, 2.45) is 0 Å². The van der Waals surface area contributed by atoms with E-state index in [1.165, 1.54) is 24.0 Å². The van der Waals surface area contributed by atoms with E-state index in [2.05, 4.69) is 5.32 Å². The van der Waals surface area contributed by atoms with Crippen molar-refractivity contribution < 1.29 is 14.0 Å². The van der Waals surface area contributed by atoms with E-state index >= 15 is 0 Å². The summed E-state index contributed by atoms with van der Waals surface area (Å²) in [7, 11) is 0. The van der Waals surface area contributed by atoms with Crippen LogP contribution in [0.1, 0.15) is 18.1 Å². The summed E-state index contributed by atoms with van der Waals surface area (Å²) in [4.78, 5) is 25.3. The number of nitrogens with one attached hydrogen (secondary N) is 1. The highest BCUT2D eigenvalue weighted by atomic mass is 19.1. The van der Waals surface area contributed by atoms with Gasteiger partial charge in [0.1, 0.15) is 5.82 Å². The van der Waals surface area contributed by atoms with Crippen molar-refractivity contribution in [1.29, 1.82) is 0 Å². The Hall–Kier alpha value is -2.69. The molecule has 2 rings (SSSR count). The number of rotatable bonds is 8. The number of carbonyl (C=O) groups excluding carboxylic acids is 2. The van der Waals surface area contributed by atoms with Gasteiger partial charge in [-0.2, -0.15) is 0 Å². The van der Waals surface area contributed by atoms with Crippen molar-refractivity contribution >= 4 is 11.8 Å². The molecule has 2 aromatic carbocycles.